The highest BCUT2D eigenvalue weighted by Gasteiger charge is 2.04. The lowest BCUT2D eigenvalue weighted by atomic mass is 9.98. The zero-order valence-electron chi connectivity index (χ0n) is 8.89. The molecule has 0 aliphatic heterocycles. The van der Waals surface area contributed by atoms with Crippen molar-refractivity contribution in [1.29, 1.82) is 0 Å². The van der Waals surface area contributed by atoms with Gasteiger partial charge in [0.25, 0.3) is 0 Å². The third-order valence-corrected chi connectivity index (χ3v) is 3.00. The fraction of sp³-hybridized carbons (Fsp3) is 1.00. The molecule has 1 atom stereocenters. The van der Waals surface area contributed by atoms with E-state index in [2.05, 4.69) is 32.3 Å². The minimum atomic E-state index is 0.804. The van der Waals surface area contributed by atoms with Crippen LogP contribution in [0.3, 0.4) is 0 Å². The second kappa shape index (κ2) is 7.93. The Kier molecular flexibility index (Phi) is 8.14. The maximum atomic E-state index is 3.49. The number of thioether (sulfide) groups is 1. The molecule has 0 aromatic carbocycles. The summed E-state index contributed by atoms with van der Waals surface area (Å²) in [7, 11) is 0. The van der Waals surface area contributed by atoms with E-state index >= 15 is 0 Å². The predicted octanol–water partition coefficient (Wildman–Crippen LogP) is 2.62. The zero-order chi connectivity index (χ0) is 9.40. The molecule has 1 N–H and O–H groups in total. The summed E-state index contributed by atoms with van der Waals surface area (Å²) >= 11 is 1.93. The van der Waals surface area contributed by atoms with Crippen LogP contribution in [-0.2, 0) is 0 Å². The molecule has 12 heavy (non-hydrogen) atoms. The van der Waals surface area contributed by atoms with Crippen LogP contribution in [-0.4, -0.2) is 25.1 Å². The van der Waals surface area contributed by atoms with Crippen molar-refractivity contribution < 1.29 is 0 Å². The Morgan fingerprint density at radius 2 is 1.92 bits per heavy atom. The number of rotatable bonds is 7. The Hall–Kier alpha value is 0.310. The highest BCUT2D eigenvalue weighted by atomic mass is 32.2. The lowest BCUT2D eigenvalue weighted by Crippen LogP contribution is -2.25. The molecule has 0 aromatic rings. The molecule has 0 spiro atoms. The van der Waals surface area contributed by atoms with Crippen molar-refractivity contribution in [3.8, 4) is 0 Å². The van der Waals surface area contributed by atoms with Crippen molar-refractivity contribution >= 4 is 11.8 Å². The first-order chi connectivity index (χ1) is 5.68. The Balaban J connectivity index is 3.08. The van der Waals surface area contributed by atoms with E-state index in [1.54, 1.807) is 0 Å². The van der Waals surface area contributed by atoms with E-state index < -0.39 is 0 Å². The molecule has 1 unspecified atom stereocenters. The topological polar surface area (TPSA) is 12.0 Å². The summed E-state index contributed by atoms with van der Waals surface area (Å²) in [6.45, 7) is 9.23. The van der Waals surface area contributed by atoms with E-state index in [1.165, 1.54) is 25.3 Å². The van der Waals surface area contributed by atoms with Gasteiger partial charge >= 0.3 is 0 Å². The van der Waals surface area contributed by atoms with Crippen LogP contribution >= 0.6 is 11.8 Å². The zero-order valence-corrected chi connectivity index (χ0v) is 9.71. The van der Waals surface area contributed by atoms with Gasteiger partial charge in [0, 0.05) is 0 Å². The molecule has 0 aliphatic rings. The first-order valence-corrected chi connectivity index (χ1v) is 6.27. The molecule has 0 radical (unpaired) electrons. The van der Waals surface area contributed by atoms with Gasteiger partial charge in [-0.2, -0.15) is 11.8 Å². The molecule has 0 aliphatic carbocycles. The summed E-state index contributed by atoms with van der Waals surface area (Å²) in [5.41, 5.74) is 0. The second-order valence-electron chi connectivity index (χ2n) is 3.77. The fourth-order valence-corrected chi connectivity index (χ4v) is 1.34. The Morgan fingerprint density at radius 3 is 2.42 bits per heavy atom. The van der Waals surface area contributed by atoms with Crippen LogP contribution in [0.15, 0.2) is 0 Å². The molecule has 0 bridgehead atoms. The minimum Gasteiger partial charge on any atom is -0.316 e. The molecule has 0 aromatic heterocycles. The van der Waals surface area contributed by atoms with Crippen molar-refractivity contribution in [2.45, 2.75) is 27.2 Å². The Bertz CT molecular complexity index is 93.8. The quantitative estimate of drug-likeness (QED) is 0.618. The summed E-state index contributed by atoms with van der Waals surface area (Å²) in [4.78, 5) is 0. The lowest BCUT2D eigenvalue weighted by molar-refractivity contribution is 0.394. The molecule has 2 heteroatoms. The summed E-state index contributed by atoms with van der Waals surface area (Å²) < 4.78 is 0. The normalized spacial score (nSPS) is 13.8. The monoisotopic (exact) mass is 189 g/mol. The van der Waals surface area contributed by atoms with E-state index in [9.17, 15) is 0 Å². The van der Waals surface area contributed by atoms with E-state index in [-0.39, 0.29) is 0 Å². The van der Waals surface area contributed by atoms with Gasteiger partial charge < -0.3 is 5.32 Å². The maximum Gasteiger partial charge on any atom is -0.00207 e. The Morgan fingerprint density at radius 1 is 1.25 bits per heavy atom. The summed E-state index contributed by atoms with van der Waals surface area (Å²) in [6, 6.07) is 0. The summed E-state index contributed by atoms with van der Waals surface area (Å²) in [6.07, 6.45) is 3.46. The van der Waals surface area contributed by atoms with Crippen LogP contribution in [0.5, 0.6) is 0 Å². The lowest BCUT2D eigenvalue weighted by Gasteiger charge is -2.15. The van der Waals surface area contributed by atoms with Gasteiger partial charge in [-0.25, -0.2) is 0 Å². The Labute approximate surface area is 81.7 Å². The average Bonchev–Trinajstić information content (AvgIpc) is 2.03. The van der Waals surface area contributed by atoms with Gasteiger partial charge in [0.15, 0.2) is 0 Å². The maximum absolute atomic E-state index is 3.49. The van der Waals surface area contributed by atoms with Gasteiger partial charge in [0.2, 0.25) is 0 Å². The number of hydrogen-bond donors (Lipinski definition) is 1. The van der Waals surface area contributed by atoms with Crippen LogP contribution in [0.1, 0.15) is 27.2 Å². The first kappa shape index (κ1) is 12.3. The van der Waals surface area contributed by atoms with E-state index in [0.717, 1.165) is 11.8 Å². The van der Waals surface area contributed by atoms with Crippen LogP contribution in [0.2, 0.25) is 0 Å². The van der Waals surface area contributed by atoms with Crippen LogP contribution < -0.4 is 5.32 Å². The highest BCUT2D eigenvalue weighted by molar-refractivity contribution is 7.98. The summed E-state index contributed by atoms with van der Waals surface area (Å²) in [5.74, 6) is 2.89. The van der Waals surface area contributed by atoms with Gasteiger partial charge in [0.1, 0.15) is 0 Å². The van der Waals surface area contributed by atoms with Crippen LogP contribution in [0.4, 0.5) is 0 Å². The van der Waals surface area contributed by atoms with Crippen LogP contribution in [0.25, 0.3) is 0 Å². The SMILES string of the molecule is CSCCCNCC(C)C(C)C. The minimum absolute atomic E-state index is 0.804. The molecule has 0 amide bonds. The molecular weight excluding hydrogens is 166 g/mol. The smallest absolute Gasteiger partial charge is 0.00207 e. The third-order valence-electron chi connectivity index (χ3n) is 2.31. The molecule has 74 valence electrons. The van der Waals surface area contributed by atoms with Gasteiger partial charge in [-0.15, -0.1) is 0 Å². The summed E-state index contributed by atoms with van der Waals surface area (Å²) in [5, 5.41) is 3.49. The van der Waals surface area contributed by atoms with Crippen molar-refractivity contribution in [3.05, 3.63) is 0 Å². The molecule has 0 rings (SSSR count). The fourth-order valence-electron chi connectivity index (χ4n) is 0.907. The first-order valence-electron chi connectivity index (χ1n) is 4.88. The second-order valence-corrected chi connectivity index (χ2v) is 4.76. The molecule has 1 nitrogen and oxygen atoms in total. The largest absolute Gasteiger partial charge is 0.316 e. The number of hydrogen-bond acceptors (Lipinski definition) is 2. The van der Waals surface area contributed by atoms with Crippen molar-refractivity contribution in [1.82, 2.24) is 5.32 Å². The van der Waals surface area contributed by atoms with E-state index in [4.69, 9.17) is 0 Å². The van der Waals surface area contributed by atoms with Crippen molar-refractivity contribution in [2.75, 3.05) is 25.1 Å². The number of nitrogens with one attached hydrogen (secondary N) is 1. The highest BCUT2D eigenvalue weighted by Crippen LogP contribution is 2.07. The van der Waals surface area contributed by atoms with E-state index in [0.29, 0.717) is 0 Å². The van der Waals surface area contributed by atoms with E-state index in [1.807, 2.05) is 11.8 Å². The average molecular weight is 189 g/mol. The van der Waals surface area contributed by atoms with Gasteiger partial charge in [-0.3, -0.25) is 0 Å². The van der Waals surface area contributed by atoms with Crippen molar-refractivity contribution in [3.63, 3.8) is 0 Å². The molecule has 0 fully saturated rings. The molecule has 0 heterocycles. The standard InChI is InChI=1S/C10H23NS/c1-9(2)10(3)8-11-6-5-7-12-4/h9-11H,5-8H2,1-4H3. The van der Waals surface area contributed by atoms with Crippen LogP contribution in [0, 0.1) is 11.8 Å². The molecular formula is C10H23NS. The predicted molar refractivity (Wildman–Crippen MR) is 59.9 cm³/mol. The molecule has 0 saturated heterocycles. The van der Waals surface area contributed by atoms with Gasteiger partial charge in [-0.05, 0) is 43.4 Å². The van der Waals surface area contributed by atoms with Gasteiger partial charge in [0.05, 0.1) is 0 Å². The van der Waals surface area contributed by atoms with Gasteiger partial charge in [-0.1, -0.05) is 20.8 Å². The third kappa shape index (κ3) is 6.99. The molecule has 0 saturated carbocycles. The van der Waals surface area contributed by atoms with Crippen molar-refractivity contribution in [2.24, 2.45) is 11.8 Å².